The summed E-state index contributed by atoms with van der Waals surface area (Å²) in [6, 6.07) is 4.11. The first kappa shape index (κ1) is 16.4. The third kappa shape index (κ3) is 3.78. The smallest absolute Gasteiger partial charge is 0.420 e. The predicted octanol–water partition coefficient (Wildman–Crippen LogP) is 3.65. The van der Waals surface area contributed by atoms with Crippen molar-refractivity contribution in [1.82, 2.24) is 15.1 Å². The molecule has 1 unspecified atom stereocenters. The summed E-state index contributed by atoms with van der Waals surface area (Å²) in [5, 5.41) is 10.6. The van der Waals surface area contributed by atoms with E-state index in [1.165, 1.54) is 19.1 Å². The van der Waals surface area contributed by atoms with Crippen LogP contribution in [0.15, 0.2) is 28.9 Å². The molecular formula is C17H19F3N4O. The maximum Gasteiger partial charge on any atom is 0.420 e. The molecule has 2 aromatic heterocycles. The van der Waals surface area contributed by atoms with Gasteiger partial charge in [-0.3, -0.25) is 0 Å². The molecule has 1 aliphatic carbocycles. The van der Waals surface area contributed by atoms with Crippen LogP contribution in [0.5, 0.6) is 0 Å². The number of furan rings is 1. The van der Waals surface area contributed by atoms with Gasteiger partial charge in [0.15, 0.2) is 11.6 Å². The van der Waals surface area contributed by atoms with E-state index in [-0.39, 0.29) is 23.3 Å². The highest BCUT2D eigenvalue weighted by molar-refractivity contribution is 5.57. The number of rotatable bonds is 5. The maximum absolute atomic E-state index is 13.5. The zero-order chi connectivity index (χ0) is 17.4. The lowest BCUT2D eigenvalue weighted by Crippen LogP contribution is -2.29. The Morgan fingerprint density at radius 2 is 2.08 bits per heavy atom. The van der Waals surface area contributed by atoms with E-state index >= 15 is 0 Å². The average Bonchev–Trinajstić information content (AvgIpc) is 3.04. The molecule has 0 amide bonds. The van der Waals surface area contributed by atoms with Crippen LogP contribution in [0.1, 0.15) is 24.8 Å². The number of likely N-dealkylation sites (tertiary alicyclic amines) is 1. The standard InChI is InChI=1S/C17H19F3N4O/c18-17(19,20)13-8-14(15-2-1-7-25-15)22-23-16(13)21-12-5-6-24(10-12)9-11-3-4-11/h1-2,7-8,11-12H,3-6,9-10H2,(H,21,23). The van der Waals surface area contributed by atoms with Gasteiger partial charge in [0, 0.05) is 25.7 Å². The highest BCUT2D eigenvalue weighted by Gasteiger charge is 2.37. The summed E-state index contributed by atoms with van der Waals surface area (Å²) in [5.74, 6) is 0.832. The molecule has 0 radical (unpaired) electrons. The van der Waals surface area contributed by atoms with Gasteiger partial charge in [0.2, 0.25) is 0 Å². The summed E-state index contributed by atoms with van der Waals surface area (Å²) in [4.78, 5) is 2.31. The van der Waals surface area contributed by atoms with E-state index in [2.05, 4.69) is 20.4 Å². The molecule has 0 spiro atoms. The van der Waals surface area contributed by atoms with Crippen molar-refractivity contribution in [2.75, 3.05) is 25.0 Å². The third-order valence-electron chi connectivity index (χ3n) is 4.70. The SMILES string of the molecule is FC(F)(F)c1cc(-c2ccco2)nnc1NC1CCN(CC2CC2)C1. The zero-order valence-corrected chi connectivity index (χ0v) is 13.6. The molecule has 0 aromatic carbocycles. The van der Waals surface area contributed by atoms with Crippen molar-refractivity contribution < 1.29 is 17.6 Å². The molecule has 2 aliphatic rings. The van der Waals surface area contributed by atoms with Crippen molar-refractivity contribution >= 4 is 5.82 Å². The fourth-order valence-electron chi connectivity index (χ4n) is 3.23. The van der Waals surface area contributed by atoms with Crippen LogP contribution in [0.25, 0.3) is 11.5 Å². The molecule has 3 heterocycles. The number of hydrogen-bond acceptors (Lipinski definition) is 5. The lowest BCUT2D eigenvalue weighted by molar-refractivity contribution is -0.137. The van der Waals surface area contributed by atoms with Crippen molar-refractivity contribution in [1.29, 1.82) is 0 Å². The van der Waals surface area contributed by atoms with Crippen molar-refractivity contribution in [2.24, 2.45) is 5.92 Å². The number of nitrogens with one attached hydrogen (secondary N) is 1. The number of nitrogens with zero attached hydrogens (tertiary/aromatic N) is 3. The first-order valence-electron chi connectivity index (χ1n) is 8.47. The summed E-state index contributed by atoms with van der Waals surface area (Å²) >= 11 is 0. The molecule has 2 aromatic rings. The Balaban J connectivity index is 1.52. The first-order valence-corrected chi connectivity index (χ1v) is 8.47. The highest BCUT2D eigenvalue weighted by Crippen LogP contribution is 2.36. The van der Waals surface area contributed by atoms with E-state index in [9.17, 15) is 13.2 Å². The molecule has 1 saturated carbocycles. The lowest BCUT2D eigenvalue weighted by Gasteiger charge is -2.19. The maximum atomic E-state index is 13.5. The van der Waals surface area contributed by atoms with Crippen LogP contribution >= 0.6 is 0 Å². The molecule has 4 rings (SSSR count). The van der Waals surface area contributed by atoms with Gasteiger partial charge in [-0.05, 0) is 43.4 Å². The second-order valence-electron chi connectivity index (χ2n) is 6.80. The Morgan fingerprint density at radius 1 is 1.24 bits per heavy atom. The van der Waals surface area contributed by atoms with E-state index in [1.807, 2.05) is 0 Å². The van der Waals surface area contributed by atoms with Gasteiger partial charge in [0.25, 0.3) is 0 Å². The second-order valence-corrected chi connectivity index (χ2v) is 6.80. The summed E-state index contributed by atoms with van der Waals surface area (Å²) in [7, 11) is 0. The normalized spacial score (nSPS) is 21.6. The van der Waals surface area contributed by atoms with E-state index in [0.29, 0.717) is 0 Å². The molecule has 8 heteroatoms. The molecule has 1 N–H and O–H groups in total. The van der Waals surface area contributed by atoms with Crippen LogP contribution < -0.4 is 5.32 Å². The monoisotopic (exact) mass is 352 g/mol. The Bertz CT molecular complexity index is 728. The number of aromatic nitrogens is 2. The van der Waals surface area contributed by atoms with Gasteiger partial charge in [-0.15, -0.1) is 10.2 Å². The Kier molecular flexibility index (Phi) is 4.15. The van der Waals surface area contributed by atoms with Gasteiger partial charge in [0.1, 0.15) is 11.3 Å². The van der Waals surface area contributed by atoms with Crippen molar-refractivity contribution in [3.8, 4) is 11.5 Å². The van der Waals surface area contributed by atoms with E-state index < -0.39 is 11.7 Å². The fourth-order valence-corrected chi connectivity index (χ4v) is 3.23. The summed E-state index contributed by atoms with van der Waals surface area (Å²) in [6.07, 6.45) is 0.236. The number of anilines is 1. The van der Waals surface area contributed by atoms with Crippen LogP contribution in [0.3, 0.4) is 0 Å². The molecule has 25 heavy (non-hydrogen) atoms. The predicted molar refractivity (Wildman–Crippen MR) is 85.9 cm³/mol. The molecule has 2 fully saturated rings. The van der Waals surface area contributed by atoms with Crippen molar-refractivity contribution in [2.45, 2.75) is 31.5 Å². The summed E-state index contributed by atoms with van der Waals surface area (Å²) in [6.45, 7) is 2.70. The van der Waals surface area contributed by atoms with Gasteiger partial charge in [-0.2, -0.15) is 13.2 Å². The lowest BCUT2D eigenvalue weighted by atomic mass is 10.2. The topological polar surface area (TPSA) is 54.2 Å². The fraction of sp³-hybridized carbons (Fsp3) is 0.529. The van der Waals surface area contributed by atoms with Gasteiger partial charge < -0.3 is 14.6 Å². The molecule has 1 saturated heterocycles. The van der Waals surface area contributed by atoms with Gasteiger partial charge in [-0.25, -0.2) is 0 Å². The number of alkyl halides is 3. The second kappa shape index (κ2) is 6.33. The average molecular weight is 352 g/mol. The van der Waals surface area contributed by atoms with Gasteiger partial charge in [-0.1, -0.05) is 0 Å². The Hall–Kier alpha value is -2.09. The molecule has 1 atom stereocenters. The first-order chi connectivity index (χ1) is 12.0. The molecule has 0 bridgehead atoms. The quantitative estimate of drug-likeness (QED) is 0.890. The van der Waals surface area contributed by atoms with Crippen molar-refractivity contribution in [3.05, 3.63) is 30.0 Å². The Morgan fingerprint density at radius 3 is 2.76 bits per heavy atom. The highest BCUT2D eigenvalue weighted by atomic mass is 19.4. The number of halogens is 3. The summed E-state index contributed by atoms with van der Waals surface area (Å²) < 4.78 is 45.5. The minimum atomic E-state index is -4.51. The van der Waals surface area contributed by atoms with Crippen LogP contribution in [0.2, 0.25) is 0 Å². The van der Waals surface area contributed by atoms with E-state index in [1.54, 1.807) is 12.1 Å². The molecule has 134 valence electrons. The van der Waals surface area contributed by atoms with Crippen molar-refractivity contribution in [3.63, 3.8) is 0 Å². The van der Waals surface area contributed by atoms with Gasteiger partial charge in [0.05, 0.1) is 6.26 Å². The zero-order valence-electron chi connectivity index (χ0n) is 13.6. The van der Waals surface area contributed by atoms with Gasteiger partial charge >= 0.3 is 6.18 Å². The summed E-state index contributed by atoms with van der Waals surface area (Å²) in [5.41, 5.74) is -0.737. The minimum absolute atomic E-state index is 0.0383. The molecule has 5 nitrogen and oxygen atoms in total. The minimum Gasteiger partial charge on any atom is -0.463 e. The van der Waals surface area contributed by atoms with E-state index in [4.69, 9.17) is 4.42 Å². The van der Waals surface area contributed by atoms with Crippen LogP contribution in [0.4, 0.5) is 19.0 Å². The van der Waals surface area contributed by atoms with Crippen LogP contribution in [-0.2, 0) is 6.18 Å². The number of hydrogen-bond donors (Lipinski definition) is 1. The third-order valence-corrected chi connectivity index (χ3v) is 4.70. The Labute approximate surface area is 143 Å². The largest absolute Gasteiger partial charge is 0.463 e. The molecule has 1 aliphatic heterocycles. The van der Waals surface area contributed by atoms with Crippen LogP contribution in [-0.4, -0.2) is 40.8 Å². The van der Waals surface area contributed by atoms with Crippen LogP contribution in [0, 0.1) is 5.92 Å². The van der Waals surface area contributed by atoms with E-state index in [0.717, 1.165) is 38.0 Å². The molecular weight excluding hydrogens is 333 g/mol.